The van der Waals surface area contributed by atoms with Crippen LogP contribution >= 0.6 is 0 Å². The van der Waals surface area contributed by atoms with E-state index in [0.717, 1.165) is 0 Å². The topological polar surface area (TPSA) is 52.6 Å². The van der Waals surface area contributed by atoms with Gasteiger partial charge in [-0.05, 0) is 33.3 Å². The second-order valence-corrected chi connectivity index (χ2v) is 3.00. The van der Waals surface area contributed by atoms with E-state index in [9.17, 15) is 9.59 Å². The van der Waals surface area contributed by atoms with E-state index in [-0.39, 0.29) is 18.8 Å². The van der Waals surface area contributed by atoms with Crippen LogP contribution in [-0.2, 0) is 19.1 Å². The van der Waals surface area contributed by atoms with Crippen LogP contribution in [0.5, 0.6) is 0 Å². The fraction of sp³-hybridized carbons (Fsp3) is 0.500. The molecule has 0 heterocycles. The molecule has 0 saturated carbocycles. The van der Waals surface area contributed by atoms with Gasteiger partial charge in [-0.15, -0.1) is 0 Å². The predicted octanol–water partition coefficient (Wildman–Crippen LogP) is 2.01. The first kappa shape index (κ1) is 14.4. The maximum Gasteiger partial charge on any atom is 0.345 e. The first-order valence-electron chi connectivity index (χ1n) is 5.26. The minimum absolute atomic E-state index is 0.0400. The standard InChI is InChI=1S/C12H18O4/c1-5-8-9(4)10(11(13)15-6-2)12(14)16-7-3/h5,8H,6-7H2,1-4H3/b8-5+. The largest absolute Gasteiger partial charge is 0.462 e. The Balaban J connectivity index is 5.12. The summed E-state index contributed by atoms with van der Waals surface area (Å²) in [7, 11) is 0. The second kappa shape index (κ2) is 7.68. The molecule has 0 unspecified atom stereocenters. The molecular formula is C12H18O4. The summed E-state index contributed by atoms with van der Waals surface area (Å²) in [6.45, 7) is 7.30. The van der Waals surface area contributed by atoms with Crippen molar-refractivity contribution in [2.45, 2.75) is 27.7 Å². The highest BCUT2D eigenvalue weighted by Crippen LogP contribution is 2.10. The molecule has 90 valence electrons. The average molecular weight is 226 g/mol. The summed E-state index contributed by atoms with van der Waals surface area (Å²) in [5, 5.41) is 0. The molecule has 4 heteroatoms. The predicted molar refractivity (Wildman–Crippen MR) is 60.8 cm³/mol. The van der Waals surface area contributed by atoms with Gasteiger partial charge in [-0.3, -0.25) is 0 Å². The van der Waals surface area contributed by atoms with E-state index < -0.39 is 11.9 Å². The van der Waals surface area contributed by atoms with Crippen LogP contribution in [-0.4, -0.2) is 25.2 Å². The first-order chi connectivity index (χ1) is 7.58. The molecule has 0 atom stereocenters. The molecule has 0 saturated heterocycles. The second-order valence-electron chi connectivity index (χ2n) is 3.00. The number of carbonyl (C=O) groups is 2. The number of hydrogen-bond donors (Lipinski definition) is 0. The van der Waals surface area contributed by atoms with Crippen LogP contribution in [0.1, 0.15) is 27.7 Å². The van der Waals surface area contributed by atoms with Crippen molar-refractivity contribution in [3.05, 3.63) is 23.3 Å². The van der Waals surface area contributed by atoms with Crippen molar-refractivity contribution in [1.29, 1.82) is 0 Å². The van der Waals surface area contributed by atoms with Gasteiger partial charge in [0.05, 0.1) is 13.2 Å². The number of carbonyl (C=O) groups excluding carboxylic acids is 2. The summed E-state index contributed by atoms with van der Waals surface area (Å²) in [5.41, 5.74) is 0.501. The molecule has 0 aliphatic rings. The van der Waals surface area contributed by atoms with Gasteiger partial charge in [-0.25, -0.2) is 9.59 Å². The molecule has 0 spiro atoms. The molecular weight excluding hydrogens is 208 g/mol. The van der Waals surface area contributed by atoms with Crippen molar-refractivity contribution < 1.29 is 19.1 Å². The van der Waals surface area contributed by atoms with Crippen LogP contribution in [0.3, 0.4) is 0 Å². The minimum Gasteiger partial charge on any atom is -0.462 e. The summed E-state index contributed by atoms with van der Waals surface area (Å²) >= 11 is 0. The van der Waals surface area contributed by atoms with Crippen molar-refractivity contribution in [3.8, 4) is 0 Å². The van der Waals surface area contributed by atoms with Gasteiger partial charge in [0.25, 0.3) is 0 Å². The fourth-order valence-corrected chi connectivity index (χ4v) is 1.15. The molecule has 16 heavy (non-hydrogen) atoms. The summed E-state index contributed by atoms with van der Waals surface area (Å²) in [6, 6.07) is 0. The van der Waals surface area contributed by atoms with Gasteiger partial charge < -0.3 is 9.47 Å². The Bertz CT molecular complexity index is 293. The van der Waals surface area contributed by atoms with E-state index in [1.54, 1.807) is 39.8 Å². The van der Waals surface area contributed by atoms with Gasteiger partial charge in [-0.1, -0.05) is 12.2 Å². The molecule has 0 amide bonds. The summed E-state index contributed by atoms with van der Waals surface area (Å²) in [5.74, 6) is -1.28. The molecule has 0 bridgehead atoms. The van der Waals surface area contributed by atoms with Gasteiger partial charge in [0.2, 0.25) is 0 Å². The van der Waals surface area contributed by atoms with Crippen LogP contribution in [0.15, 0.2) is 23.3 Å². The zero-order valence-electron chi connectivity index (χ0n) is 10.2. The molecule has 4 nitrogen and oxygen atoms in total. The zero-order chi connectivity index (χ0) is 12.6. The van der Waals surface area contributed by atoms with Crippen LogP contribution < -0.4 is 0 Å². The van der Waals surface area contributed by atoms with Crippen molar-refractivity contribution in [3.63, 3.8) is 0 Å². The summed E-state index contributed by atoms with van der Waals surface area (Å²) < 4.78 is 9.61. The molecule has 0 N–H and O–H groups in total. The van der Waals surface area contributed by atoms with Gasteiger partial charge in [0.15, 0.2) is 0 Å². The van der Waals surface area contributed by atoms with Crippen molar-refractivity contribution >= 4 is 11.9 Å². The highest BCUT2D eigenvalue weighted by atomic mass is 16.6. The lowest BCUT2D eigenvalue weighted by Gasteiger charge is -2.08. The van der Waals surface area contributed by atoms with Crippen molar-refractivity contribution in [2.24, 2.45) is 0 Å². The SMILES string of the molecule is C/C=C/C(C)=C(C(=O)OCC)C(=O)OCC. The Morgan fingerprint density at radius 3 is 1.81 bits per heavy atom. The molecule has 0 aromatic carbocycles. The maximum atomic E-state index is 11.6. The third-order valence-electron chi connectivity index (χ3n) is 1.77. The Morgan fingerprint density at radius 2 is 1.50 bits per heavy atom. The van der Waals surface area contributed by atoms with E-state index in [0.29, 0.717) is 5.57 Å². The molecule has 0 radical (unpaired) electrons. The number of rotatable bonds is 5. The molecule has 0 aromatic rings. The minimum atomic E-state index is -0.642. The average Bonchev–Trinajstić information content (AvgIpc) is 2.19. The summed E-state index contributed by atoms with van der Waals surface area (Å²) in [6.07, 6.45) is 3.41. The molecule has 0 rings (SSSR count). The van der Waals surface area contributed by atoms with E-state index >= 15 is 0 Å². The van der Waals surface area contributed by atoms with E-state index in [2.05, 4.69) is 0 Å². The maximum absolute atomic E-state index is 11.6. The highest BCUT2D eigenvalue weighted by Gasteiger charge is 2.22. The van der Waals surface area contributed by atoms with Crippen LogP contribution in [0.25, 0.3) is 0 Å². The van der Waals surface area contributed by atoms with Crippen molar-refractivity contribution in [2.75, 3.05) is 13.2 Å². The van der Waals surface area contributed by atoms with Gasteiger partial charge in [0, 0.05) is 0 Å². The van der Waals surface area contributed by atoms with E-state index in [1.165, 1.54) is 0 Å². The Morgan fingerprint density at radius 1 is 1.06 bits per heavy atom. The number of allylic oxidation sites excluding steroid dienone is 3. The molecule has 0 aromatic heterocycles. The molecule has 0 aliphatic carbocycles. The normalized spacial score (nSPS) is 10.0. The third kappa shape index (κ3) is 4.29. The van der Waals surface area contributed by atoms with Crippen LogP contribution in [0.4, 0.5) is 0 Å². The quantitative estimate of drug-likeness (QED) is 0.236. The Kier molecular flexibility index (Phi) is 6.92. The lowest BCUT2D eigenvalue weighted by atomic mass is 10.1. The van der Waals surface area contributed by atoms with E-state index in [4.69, 9.17) is 9.47 Å². The van der Waals surface area contributed by atoms with E-state index in [1.807, 2.05) is 0 Å². The van der Waals surface area contributed by atoms with Gasteiger partial charge >= 0.3 is 11.9 Å². The zero-order valence-corrected chi connectivity index (χ0v) is 10.2. The first-order valence-corrected chi connectivity index (χ1v) is 5.26. The lowest BCUT2D eigenvalue weighted by Crippen LogP contribution is -2.19. The summed E-state index contributed by atoms with van der Waals surface area (Å²) in [4.78, 5) is 23.1. The van der Waals surface area contributed by atoms with Gasteiger partial charge in [0.1, 0.15) is 5.57 Å². The molecule has 0 fully saturated rings. The van der Waals surface area contributed by atoms with Crippen molar-refractivity contribution in [1.82, 2.24) is 0 Å². The smallest absolute Gasteiger partial charge is 0.345 e. The Labute approximate surface area is 95.9 Å². The fourth-order valence-electron chi connectivity index (χ4n) is 1.15. The third-order valence-corrected chi connectivity index (χ3v) is 1.77. The van der Waals surface area contributed by atoms with Crippen LogP contribution in [0, 0.1) is 0 Å². The van der Waals surface area contributed by atoms with Gasteiger partial charge in [-0.2, -0.15) is 0 Å². The van der Waals surface area contributed by atoms with Crippen LogP contribution in [0.2, 0.25) is 0 Å². The number of esters is 2. The lowest BCUT2D eigenvalue weighted by molar-refractivity contribution is -0.146. The monoisotopic (exact) mass is 226 g/mol. The number of ether oxygens (including phenoxy) is 2. The molecule has 0 aliphatic heterocycles. The Hall–Kier alpha value is -1.58. The highest BCUT2D eigenvalue weighted by molar-refractivity contribution is 6.15. The number of hydrogen-bond acceptors (Lipinski definition) is 4.